The van der Waals surface area contributed by atoms with Crippen molar-refractivity contribution in [1.82, 2.24) is 0 Å². The molecule has 0 amide bonds. The molecule has 1 aromatic rings. The molecule has 0 N–H and O–H groups in total. The van der Waals surface area contributed by atoms with Crippen molar-refractivity contribution in [2.24, 2.45) is 46.3 Å². The van der Waals surface area contributed by atoms with Gasteiger partial charge in [0.05, 0.1) is 5.56 Å². The zero-order valence-electron chi connectivity index (χ0n) is 23.5. The third-order valence-electron chi connectivity index (χ3n) is 11.2. The fourth-order valence-corrected chi connectivity index (χ4v) is 9.20. The number of ether oxygens (including phenoxy) is 1. The van der Waals surface area contributed by atoms with E-state index in [1.807, 2.05) is 30.3 Å². The molecule has 1 radical (unpaired) electrons. The fourth-order valence-electron chi connectivity index (χ4n) is 9.20. The van der Waals surface area contributed by atoms with Crippen molar-refractivity contribution in [3.8, 4) is 0 Å². The summed E-state index contributed by atoms with van der Waals surface area (Å²) in [5, 5.41) is 0. The first-order chi connectivity index (χ1) is 17.2. The van der Waals surface area contributed by atoms with Gasteiger partial charge >= 0.3 is 5.97 Å². The van der Waals surface area contributed by atoms with Crippen LogP contribution in [0.2, 0.25) is 0 Å². The van der Waals surface area contributed by atoms with Crippen LogP contribution >= 0.6 is 0 Å². The van der Waals surface area contributed by atoms with Crippen LogP contribution in [0, 0.1) is 52.8 Å². The van der Waals surface area contributed by atoms with Crippen molar-refractivity contribution in [2.75, 3.05) is 0 Å². The van der Waals surface area contributed by atoms with Crippen LogP contribution in [-0.4, -0.2) is 12.1 Å². The third kappa shape index (κ3) is 4.71. The highest BCUT2D eigenvalue weighted by Gasteiger charge is 2.59. The van der Waals surface area contributed by atoms with E-state index < -0.39 is 0 Å². The molecule has 0 spiro atoms. The van der Waals surface area contributed by atoms with E-state index in [0.717, 1.165) is 54.8 Å². The van der Waals surface area contributed by atoms with Gasteiger partial charge in [-0.15, -0.1) is 0 Å². The molecule has 0 aliphatic heterocycles. The van der Waals surface area contributed by atoms with Crippen LogP contribution in [0.3, 0.4) is 0 Å². The van der Waals surface area contributed by atoms with Crippen molar-refractivity contribution in [3.05, 3.63) is 54.0 Å². The number of allylic oxidation sites excluding steroid dienone is 1. The van der Waals surface area contributed by atoms with Gasteiger partial charge < -0.3 is 4.74 Å². The largest absolute Gasteiger partial charge is 0.458 e. The molecule has 4 aliphatic carbocycles. The van der Waals surface area contributed by atoms with E-state index in [9.17, 15) is 4.79 Å². The number of rotatable bonds is 7. The molecule has 0 bridgehead atoms. The molecular weight excluding hydrogens is 440 g/mol. The smallest absolute Gasteiger partial charge is 0.338 e. The molecule has 0 aromatic heterocycles. The van der Waals surface area contributed by atoms with Crippen LogP contribution in [-0.2, 0) is 4.74 Å². The minimum atomic E-state index is -0.165. The van der Waals surface area contributed by atoms with Gasteiger partial charge in [0.1, 0.15) is 6.10 Å². The molecule has 0 heterocycles. The van der Waals surface area contributed by atoms with Gasteiger partial charge in [-0.1, -0.05) is 83.7 Å². The summed E-state index contributed by atoms with van der Waals surface area (Å²) in [6.07, 6.45) is 17.9. The molecule has 4 aliphatic rings. The van der Waals surface area contributed by atoms with E-state index in [-0.39, 0.29) is 12.1 Å². The van der Waals surface area contributed by atoms with E-state index in [0.29, 0.717) is 16.4 Å². The highest BCUT2D eigenvalue weighted by Crippen LogP contribution is 2.67. The predicted molar refractivity (Wildman–Crippen MR) is 148 cm³/mol. The molecule has 2 heteroatoms. The molecule has 1 aromatic carbocycles. The normalized spacial score (nSPS) is 38.5. The SMILES string of the molecule is CC(C)CCCC(C)C1[CH]CC2C3CC=C4CC(OC(=O)c5ccccc5)CCC4(C)C3CCC12C. The second kappa shape index (κ2) is 10.3. The van der Waals surface area contributed by atoms with Crippen LogP contribution in [0.25, 0.3) is 0 Å². The molecule has 8 unspecified atom stereocenters. The second-order valence-electron chi connectivity index (χ2n) is 13.7. The van der Waals surface area contributed by atoms with E-state index in [2.05, 4.69) is 47.1 Å². The van der Waals surface area contributed by atoms with E-state index in [4.69, 9.17) is 4.74 Å². The number of hydrogen-bond donors (Lipinski definition) is 0. The highest BCUT2D eigenvalue weighted by molar-refractivity contribution is 5.89. The Hall–Kier alpha value is -1.57. The summed E-state index contributed by atoms with van der Waals surface area (Å²) in [5.41, 5.74) is 3.04. The van der Waals surface area contributed by atoms with Crippen molar-refractivity contribution in [1.29, 1.82) is 0 Å². The molecule has 0 saturated heterocycles. The molecule has 3 saturated carbocycles. The Kier molecular flexibility index (Phi) is 7.45. The van der Waals surface area contributed by atoms with Crippen molar-refractivity contribution in [3.63, 3.8) is 0 Å². The minimum absolute atomic E-state index is 0.0262. The number of carbonyl (C=O) groups excluding carboxylic acids is 1. The molecule has 3 fully saturated rings. The highest BCUT2D eigenvalue weighted by atomic mass is 16.5. The lowest BCUT2D eigenvalue weighted by Crippen LogP contribution is -2.51. The Labute approximate surface area is 220 Å². The minimum Gasteiger partial charge on any atom is -0.458 e. The van der Waals surface area contributed by atoms with E-state index in [1.54, 1.807) is 5.57 Å². The van der Waals surface area contributed by atoms with Gasteiger partial charge in [0, 0.05) is 6.42 Å². The lowest BCUT2D eigenvalue weighted by Gasteiger charge is -2.58. The number of fused-ring (bicyclic) bond motifs is 5. The Morgan fingerprint density at radius 2 is 1.78 bits per heavy atom. The first kappa shape index (κ1) is 26.1. The summed E-state index contributed by atoms with van der Waals surface area (Å²) in [6, 6.07) is 9.48. The Balaban J connectivity index is 1.25. The average molecular weight is 490 g/mol. The molecule has 36 heavy (non-hydrogen) atoms. The maximum absolute atomic E-state index is 12.7. The number of benzene rings is 1. The molecule has 2 nitrogen and oxygen atoms in total. The van der Waals surface area contributed by atoms with Crippen LogP contribution in [0.5, 0.6) is 0 Å². The van der Waals surface area contributed by atoms with Gasteiger partial charge in [-0.3, -0.25) is 0 Å². The van der Waals surface area contributed by atoms with Crippen LogP contribution < -0.4 is 0 Å². The number of esters is 1. The Morgan fingerprint density at radius 3 is 2.53 bits per heavy atom. The van der Waals surface area contributed by atoms with Crippen molar-refractivity contribution >= 4 is 5.97 Å². The average Bonchev–Trinajstić information content (AvgIpc) is 3.22. The maximum atomic E-state index is 12.7. The van der Waals surface area contributed by atoms with E-state index >= 15 is 0 Å². The standard InChI is InChI=1S/C34H49O2/c1-23(2)10-9-11-24(3)29-16-17-30-28-15-14-26-22-27(36-32(35)25-12-7-6-8-13-25)18-20-33(26,4)31(28)19-21-34(29,30)5/h6-8,12-14,16,23-24,27-31H,9-11,15,17-22H2,1-5H3. The van der Waals surface area contributed by atoms with E-state index in [1.165, 1.54) is 44.9 Å². The van der Waals surface area contributed by atoms with Crippen molar-refractivity contribution < 1.29 is 9.53 Å². The van der Waals surface area contributed by atoms with Gasteiger partial charge in [-0.2, -0.15) is 0 Å². The monoisotopic (exact) mass is 489 g/mol. The summed E-state index contributed by atoms with van der Waals surface area (Å²) in [4.78, 5) is 12.7. The zero-order valence-corrected chi connectivity index (χ0v) is 23.5. The van der Waals surface area contributed by atoms with Crippen LogP contribution in [0.15, 0.2) is 42.0 Å². The summed E-state index contributed by atoms with van der Waals surface area (Å²) >= 11 is 0. The van der Waals surface area contributed by atoms with Crippen LogP contribution in [0.1, 0.15) is 109 Å². The number of hydrogen-bond acceptors (Lipinski definition) is 2. The molecule has 5 rings (SSSR count). The zero-order chi connectivity index (χ0) is 25.5. The van der Waals surface area contributed by atoms with Crippen molar-refractivity contribution in [2.45, 2.75) is 105 Å². The third-order valence-corrected chi connectivity index (χ3v) is 11.2. The molecule has 8 atom stereocenters. The second-order valence-corrected chi connectivity index (χ2v) is 13.7. The van der Waals surface area contributed by atoms with Gasteiger partial charge in [-0.05, 0) is 103 Å². The maximum Gasteiger partial charge on any atom is 0.338 e. The first-order valence-electron chi connectivity index (χ1n) is 15.0. The van der Waals surface area contributed by atoms with Gasteiger partial charge in [0.15, 0.2) is 0 Å². The van der Waals surface area contributed by atoms with Gasteiger partial charge in [0.25, 0.3) is 0 Å². The lowest BCUT2D eigenvalue weighted by atomic mass is 9.47. The summed E-state index contributed by atoms with van der Waals surface area (Å²) < 4.78 is 6.00. The number of carbonyl (C=O) groups is 1. The predicted octanol–water partition coefficient (Wildman–Crippen LogP) is 9.07. The Bertz CT molecular complexity index is 947. The quantitative estimate of drug-likeness (QED) is 0.282. The molecule has 197 valence electrons. The Morgan fingerprint density at radius 1 is 1.00 bits per heavy atom. The fraction of sp³-hybridized carbons (Fsp3) is 0.706. The van der Waals surface area contributed by atoms with Gasteiger partial charge in [0.2, 0.25) is 0 Å². The van der Waals surface area contributed by atoms with Crippen LogP contribution in [0.4, 0.5) is 0 Å². The topological polar surface area (TPSA) is 26.3 Å². The van der Waals surface area contributed by atoms with Gasteiger partial charge in [-0.25, -0.2) is 4.79 Å². The first-order valence-corrected chi connectivity index (χ1v) is 15.0. The summed E-state index contributed by atoms with van der Waals surface area (Å²) in [7, 11) is 0. The summed E-state index contributed by atoms with van der Waals surface area (Å²) in [5.74, 6) is 4.73. The lowest BCUT2D eigenvalue weighted by molar-refractivity contribution is -0.0585. The molecular formula is C34H49O2. The summed E-state index contributed by atoms with van der Waals surface area (Å²) in [6.45, 7) is 12.5.